The van der Waals surface area contributed by atoms with Gasteiger partial charge in [0, 0.05) is 7.05 Å². The molecule has 1 saturated heterocycles. The fourth-order valence-electron chi connectivity index (χ4n) is 2.38. The molecule has 3 heteroatoms. The number of aryl methyl sites for hydroxylation is 1. The van der Waals surface area contributed by atoms with Gasteiger partial charge < -0.3 is 9.88 Å². The SMILES string of the molecule is Cn1c([C@H]2CCCN2)nc2ccccc21. The zero-order chi connectivity index (χ0) is 10.3. The Kier molecular flexibility index (Phi) is 1.99. The van der Waals surface area contributed by atoms with Gasteiger partial charge in [-0.15, -0.1) is 0 Å². The molecule has 1 aliphatic rings. The third kappa shape index (κ3) is 1.35. The molecule has 0 unspecified atom stereocenters. The summed E-state index contributed by atoms with van der Waals surface area (Å²) in [6, 6.07) is 8.76. The minimum absolute atomic E-state index is 0.447. The van der Waals surface area contributed by atoms with Crippen molar-refractivity contribution in [2.24, 2.45) is 7.05 Å². The van der Waals surface area contributed by atoms with Gasteiger partial charge in [-0.1, -0.05) is 12.1 Å². The highest BCUT2D eigenvalue weighted by atomic mass is 15.1. The number of imidazole rings is 1. The molecule has 2 heterocycles. The molecule has 1 aliphatic heterocycles. The van der Waals surface area contributed by atoms with Gasteiger partial charge >= 0.3 is 0 Å². The van der Waals surface area contributed by atoms with Crippen LogP contribution < -0.4 is 5.32 Å². The van der Waals surface area contributed by atoms with Crippen molar-refractivity contribution in [3.8, 4) is 0 Å². The van der Waals surface area contributed by atoms with Gasteiger partial charge in [-0.2, -0.15) is 0 Å². The molecule has 0 bridgehead atoms. The minimum Gasteiger partial charge on any atom is -0.330 e. The van der Waals surface area contributed by atoms with E-state index in [4.69, 9.17) is 4.98 Å². The van der Waals surface area contributed by atoms with E-state index in [1.54, 1.807) is 0 Å². The van der Waals surface area contributed by atoms with Crippen LogP contribution in [0.3, 0.4) is 0 Å². The van der Waals surface area contributed by atoms with E-state index in [-0.39, 0.29) is 0 Å². The quantitative estimate of drug-likeness (QED) is 0.764. The number of rotatable bonds is 1. The maximum atomic E-state index is 4.69. The number of aromatic nitrogens is 2. The van der Waals surface area contributed by atoms with E-state index in [9.17, 15) is 0 Å². The monoisotopic (exact) mass is 201 g/mol. The van der Waals surface area contributed by atoms with Gasteiger partial charge in [0.15, 0.2) is 0 Å². The molecule has 0 saturated carbocycles. The summed E-state index contributed by atoms with van der Waals surface area (Å²) < 4.78 is 2.21. The second-order valence-corrected chi connectivity index (χ2v) is 4.17. The number of hydrogen-bond donors (Lipinski definition) is 1. The Morgan fingerprint density at radius 3 is 3.00 bits per heavy atom. The van der Waals surface area contributed by atoms with Gasteiger partial charge in [0.2, 0.25) is 0 Å². The molecule has 1 aromatic carbocycles. The van der Waals surface area contributed by atoms with E-state index < -0.39 is 0 Å². The smallest absolute Gasteiger partial charge is 0.126 e. The van der Waals surface area contributed by atoms with Crippen LogP contribution >= 0.6 is 0 Å². The van der Waals surface area contributed by atoms with Crippen LogP contribution in [0.25, 0.3) is 11.0 Å². The molecule has 2 aromatic rings. The third-order valence-corrected chi connectivity index (χ3v) is 3.19. The first kappa shape index (κ1) is 8.92. The Hall–Kier alpha value is -1.35. The van der Waals surface area contributed by atoms with E-state index in [2.05, 4.69) is 35.1 Å². The Morgan fingerprint density at radius 2 is 2.27 bits per heavy atom. The minimum atomic E-state index is 0.447. The van der Waals surface area contributed by atoms with Crippen molar-refractivity contribution in [3.05, 3.63) is 30.1 Å². The van der Waals surface area contributed by atoms with E-state index in [1.807, 2.05) is 6.07 Å². The van der Waals surface area contributed by atoms with E-state index >= 15 is 0 Å². The molecule has 1 atom stereocenters. The number of para-hydroxylation sites is 2. The van der Waals surface area contributed by atoms with Crippen molar-refractivity contribution in [2.75, 3.05) is 6.54 Å². The average Bonchev–Trinajstić information content (AvgIpc) is 2.87. The van der Waals surface area contributed by atoms with Crippen LogP contribution in [0.5, 0.6) is 0 Å². The largest absolute Gasteiger partial charge is 0.330 e. The lowest BCUT2D eigenvalue weighted by Gasteiger charge is -2.09. The number of hydrogen-bond acceptors (Lipinski definition) is 2. The molecule has 1 fully saturated rings. The Bertz CT molecular complexity index is 481. The Labute approximate surface area is 89.1 Å². The van der Waals surface area contributed by atoms with Crippen LogP contribution in [0.1, 0.15) is 24.7 Å². The fourth-order valence-corrected chi connectivity index (χ4v) is 2.38. The summed E-state index contributed by atoms with van der Waals surface area (Å²) in [5, 5.41) is 3.49. The second kappa shape index (κ2) is 3.35. The van der Waals surface area contributed by atoms with Gasteiger partial charge in [0.1, 0.15) is 5.82 Å². The topological polar surface area (TPSA) is 29.9 Å². The number of fused-ring (bicyclic) bond motifs is 1. The zero-order valence-corrected chi connectivity index (χ0v) is 8.90. The van der Waals surface area contributed by atoms with E-state index in [0.29, 0.717) is 6.04 Å². The summed E-state index contributed by atoms with van der Waals surface area (Å²) in [5.41, 5.74) is 2.32. The van der Waals surface area contributed by atoms with Crippen LogP contribution in [-0.4, -0.2) is 16.1 Å². The fraction of sp³-hybridized carbons (Fsp3) is 0.417. The zero-order valence-electron chi connectivity index (χ0n) is 8.90. The first-order valence-corrected chi connectivity index (χ1v) is 5.51. The first-order valence-electron chi connectivity index (χ1n) is 5.51. The molecule has 15 heavy (non-hydrogen) atoms. The average molecular weight is 201 g/mol. The van der Waals surface area contributed by atoms with Crippen molar-refractivity contribution in [1.29, 1.82) is 0 Å². The Morgan fingerprint density at radius 1 is 1.40 bits per heavy atom. The summed E-state index contributed by atoms with van der Waals surface area (Å²) in [4.78, 5) is 4.69. The van der Waals surface area contributed by atoms with Crippen LogP contribution in [-0.2, 0) is 7.05 Å². The van der Waals surface area contributed by atoms with Crippen molar-refractivity contribution < 1.29 is 0 Å². The maximum absolute atomic E-state index is 4.69. The van der Waals surface area contributed by atoms with E-state index in [0.717, 1.165) is 12.1 Å². The normalized spacial score (nSPS) is 21.3. The van der Waals surface area contributed by atoms with Crippen molar-refractivity contribution >= 4 is 11.0 Å². The van der Waals surface area contributed by atoms with Gasteiger partial charge in [-0.05, 0) is 31.5 Å². The predicted octanol–water partition coefficient (Wildman–Crippen LogP) is 2.00. The molecule has 78 valence electrons. The summed E-state index contributed by atoms with van der Waals surface area (Å²) in [6.45, 7) is 1.12. The molecular weight excluding hydrogens is 186 g/mol. The molecule has 3 rings (SSSR count). The summed E-state index contributed by atoms with van der Waals surface area (Å²) in [6.07, 6.45) is 2.46. The Balaban J connectivity index is 2.14. The molecule has 1 aromatic heterocycles. The summed E-state index contributed by atoms with van der Waals surface area (Å²) in [5.74, 6) is 1.17. The number of nitrogens with one attached hydrogen (secondary N) is 1. The molecule has 0 aliphatic carbocycles. The number of nitrogens with zero attached hydrogens (tertiary/aromatic N) is 2. The first-order chi connectivity index (χ1) is 7.36. The standard InChI is InChI=1S/C12H15N3/c1-15-11-7-3-2-5-9(11)14-12(15)10-6-4-8-13-10/h2-3,5,7,10,13H,4,6,8H2,1H3/t10-/m1/s1. The molecule has 0 radical (unpaired) electrons. The summed E-state index contributed by atoms with van der Waals surface area (Å²) in [7, 11) is 2.10. The molecule has 3 nitrogen and oxygen atoms in total. The highest BCUT2D eigenvalue weighted by Gasteiger charge is 2.21. The maximum Gasteiger partial charge on any atom is 0.126 e. The molecule has 1 N–H and O–H groups in total. The lowest BCUT2D eigenvalue weighted by molar-refractivity contribution is 0.584. The predicted molar refractivity (Wildman–Crippen MR) is 60.7 cm³/mol. The van der Waals surface area contributed by atoms with Crippen molar-refractivity contribution in [1.82, 2.24) is 14.9 Å². The number of benzene rings is 1. The van der Waals surface area contributed by atoms with Gasteiger partial charge in [-0.3, -0.25) is 0 Å². The van der Waals surface area contributed by atoms with Crippen LogP contribution in [0.2, 0.25) is 0 Å². The molecule has 0 spiro atoms. The highest BCUT2D eigenvalue weighted by Crippen LogP contribution is 2.25. The lowest BCUT2D eigenvalue weighted by atomic mass is 10.2. The van der Waals surface area contributed by atoms with E-state index in [1.165, 1.54) is 24.2 Å². The van der Waals surface area contributed by atoms with Gasteiger partial charge in [0.05, 0.1) is 17.1 Å². The second-order valence-electron chi connectivity index (χ2n) is 4.17. The van der Waals surface area contributed by atoms with Crippen LogP contribution in [0, 0.1) is 0 Å². The van der Waals surface area contributed by atoms with Crippen molar-refractivity contribution in [2.45, 2.75) is 18.9 Å². The lowest BCUT2D eigenvalue weighted by Crippen LogP contribution is -2.16. The van der Waals surface area contributed by atoms with Gasteiger partial charge in [0.25, 0.3) is 0 Å². The molecule has 0 amide bonds. The van der Waals surface area contributed by atoms with Gasteiger partial charge in [-0.25, -0.2) is 4.98 Å². The highest BCUT2D eigenvalue weighted by molar-refractivity contribution is 5.75. The molecular formula is C12H15N3. The van der Waals surface area contributed by atoms with Crippen LogP contribution in [0.15, 0.2) is 24.3 Å². The van der Waals surface area contributed by atoms with Crippen molar-refractivity contribution in [3.63, 3.8) is 0 Å². The third-order valence-electron chi connectivity index (χ3n) is 3.19. The summed E-state index contributed by atoms with van der Waals surface area (Å²) >= 11 is 0. The van der Waals surface area contributed by atoms with Crippen LogP contribution in [0.4, 0.5) is 0 Å².